The molecule has 270 valence electrons. The highest BCUT2D eigenvalue weighted by Crippen LogP contribution is 2.40. The topological polar surface area (TPSA) is 127 Å². The number of nitrogens with one attached hydrogen (secondary N) is 1. The SMILES string of the molecule is O=C(NC1CC(=O)N(Cc2ccccc2-c2ccc(C3OC(CSc4ccccn4)CC(c4ccc(CO)cc4)O3)cc2)C1=O)OCc1ccccc1. The number of aliphatic hydroxyl groups excluding tert-OH is 1. The summed E-state index contributed by atoms with van der Waals surface area (Å²) in [5.41, 5.74) is 6.08. The Bertz CT molecular complexity index is 2010. The molecule has 0 bridgehead atoms. The van der Waals surface area contributed by atoms with Gasteiger partial charge >= 0.3 is 6.09 Å². The molecule has 2 saturated heterocycles. The van der Waals surface area contributed by atoms with Crippen LogP contribution in [0.5, 0.6) is 0 Å². The van der Waals surface area contributed by atoms with Crippen molar-refractivity contribution in [2.24, 2.45) is 0 Å². The lowest BCUT2D eigenvalue weighted by atomic mass is 9.97. The molecule has 1 aromatic heterocycles. The number of amides is 3. The smallest absolute Gasteiger partial charge is 0.408 e. The van der Waals surface area contributed by atoms with E-state index in [1.54, 1.807) is 18.0 Å². The number of pyridine rings is 1. The van der Waals surface area contributed by atoms with Crippen LogP contribution < -0.4 is 5.32 Å². The number of carbonyl (C=O) groups is 3. The van der Waals surface area contributed by atoms with E-state index in [0.717, 1.165) is 44.0 Å². The van der Waals surface area contributed by atoms with Gasteiger partial charge in [0.2, 0.25) is 5.91 Å². The Morgan fingerprint density at radius 3 is 2.34 bits per heavy atom. The number of imide groups is 1. The molecule has 4 unspecified atom stereocenters. The number of aromatic nitrogens is 1. The molecule has 3 amide bonds. The lowest BCUT2D eigenvalue weighted by molar-refractivity contribution is -0.245. The van der Waals surface area contributed by atoms with Crippen LogP contribution in [0.3, 0.4) is 0 Å². The molecule has 0 spiro atoms. The van der Waals surface area contributed by atoms with Gasteiger partial charge in [-0.15, -0.1) is 11.8 Å². The molecule has 2 aliphatic heterocycles. The first-order valence-corrected chi connectivity index (χ1v) is 18.5. The van der Waals surface area contributed by atoms with Crippen LogP contribution in [0.15, 0.2) is 133 Å². The highest BCUT2D eigenvalue weighted by molar-refractivity contribution is 7.99. The minimum Gasteiger partial charge on any atom is -0.445 e. The zero-order chi connectivity index (χ0) is 36.6. The number of benzene rings is 4. The van der Waals surface area contributed by atoms with Gasteiger partial charge in [0.25, 0.3) is 5.91 Å². The number of nitrogens with zero attached hydrogens (tertiary/aromatic N) is 2. The van der Waals surface area contributed by atoms with E-state index in [4.69, 9.17) is 14.2 Å². The average Bonchev–Trinajstić information content (AvgIpc) is 3.47. The number of ether oxygens (including phenoxy) is 3. The predicted octanol–water partition coefficient (Wildman–Crippen LogP) is 7.13. The Kier molecular flexibility index (Phi) is 11.6. The van der Waals surface area contributed by atoms with Crippen molar-refractivity contribution in [1.82, 2.24) is 15.2 Å². The minimum atomic E-state index is -0.990. The largest absolute Gasteiger partial charge is 0.445 e. The van der Waals surface area contributed by atoms with Gasteiger partial charge in [-0.1, -0.05) is 109 Å². The summed E-state index contributed by atoms with van der Waals surface area (Å²) in [6.45, 7) is 0.0978. The Labute approximate surface area is 312 Å². The molecule has 4 atom stereocenters. The molecule has 3 heterocycles. The second kappa shape index (κ2) is 17.0. The number of rotatable bonds is 12. The molecule has 10 nitrogen and oxygen atoms in total. The van der Waals surface area contributed by atoms with E-state index in [1.807, 2.05) is 121 Å². The molecule has 5 aromatic rings. The van der Waals surface area contributed by atoms with Gasteiger partial charge in [0.05, 0.1) is 36.8 Å². The maximum atomic E-state index is 13.3. The van der Waals surface area contributed by atoms with E-state index >= 15 is 0 Å². The van der Waals surface area contributed by atoms with E-state index in [1.165, 1.54) is 4.90 Å². The molecular weight excluding hydrogens is 691 g/mol. The highest BCUT2D eigenvalue weighted by Gasteiger charge is 2.40. The fourth-order valence-electron chi connectivity index (χ4n) is 6.43. The average molecular weight is 730 g/mol. The number of thioether (sulfide) groups is 1. The zero-order valence-electron chi connectivity index (χ0n) is 28.9. The second-order valence-corrected chi connectivity index (χ2v) is 13.9. The van der Waals surface area contributed by atoms with Crippen LogP contribution in [-0.2, 0) is 43.6 Å². The summed E-state index contributed by atoms with van der Waals surface area (Å²) in [5.74, 6) is -0.136. The van der Waals surface area contributed by atoms with E-state index in [2.05, 4.69) is 10.3 Å². The van der Waals surface area contributed by atoms with Crippen LogP contribution in [0.2, 0.25) is 0 Å². The molecule has 4 aromatic carbocycles. The Balaban J connectivity index is 1.03. The Morgan fingerprint density at radius 2 is 1.58 bits per heavy atom. The van der Waals surface area contributed by atoms with Crippen LogP contribution in [0, 0.1) is 0 Å². The minimum absolute atomic E-state index is 0.0231. The molecule has 0 radical (unpaired) electrons. The molecule has 2 aliphatic rings. The highest BCUT2D eigenvalue weighted by atomic mass is 32.2. The maximum absolute atomic E-state index is 13.3. The van der Waals surface area contributed by atoms with Crippen LogP contribution >= 0.6 is 11.8 Å². The van der Waals surface area contributed by atoms with Crippen LogP contribution in [0.4, 0.5) is 4.79 Å². The lowest BCUT2D eigenvalue weighted by Gasteiger charge is -2.36. The van der Waals surface area contributed by atoms with Crippen molar-refractivity contribution in [3.8, 4) is 11.1 Å². The van der Waals surface area contributed by atoms with Gasteiger partial charge in [0.1, 0.15) is 12.6 Å². The van der Waals surface area contributed by atoms with Gasteiger partial charge in [-0.05, 0) is 45.5 Å². The quantitative estimate of drug-likeness (QED) is 0.102. The summed E-state index contributed by atoms with van der Waals surface area (Å²) in [6.07, 6.45) is 0.623. The Hall–Kier alpha value is -5.33. The summed E-state index contributed by atoms with van der Waals surface area (Å²) < 4.78 is 18.3. The maximum Gasteiger partial charge on any atom is 0.408 e. The Morgan fingerprint density at radius 1 is 0.849 bits per heavy atom. The molecular formula is C42H39N3O7S. The fraction of sp³-hybridized carbons (Fsp3) is 0.238. The van der Waals surface area contributed by atoms with E-state index in [9.17, 15) is 19.5 Å². The third-order valence-electron chi connectivity index (χ3n) is 9.26. The molecule has 0 aliphatic carbocycles. The number of alkyl carbamates (subject to hydrolysis) is 1. The first kappa shape index (κ1) is 36.0. The molecule has 11 heteroatoms. The first-order valence-electron chi connectivity index (χ1n) is 17.5. The van der Waals surface area contributed by atoms with Gasteiger partial charge in [0, 0.05) is 23.9 Å². The van der Waals surface area contributed by atoms with E-state index in [-0.39, 0.29) is 44.3 Å². The molecule has 2 fully saturated rings. The second-order valence-electron chi connectivity index (χ2n) is 12.9. The lowest BCUT2D eigenvalue weighted by Crippen LogP contribution is -2.41. The van der Waals surface area contributed by atoms with Gasteiger partial charge in [0.15, 0.2) is 6.29 Å². The van der Waals surface area contributed by atoms with E-state index in [0.29, 0.717) is 12.2 Å². The normalized spacial score (nSPS) is 20.0. The predicted molar refractivity (Wildman–Crippen MR) is 199 cm³/mol. The summed E-state index contributed by atoms with van der Waals surface area (Å²) in [5, 5.41) is 13.0. The third kappa shape index (κ3) is 9.01. The van der Waals surface area contributed by atoms with Crippen LogP contribution in [0.25, 0.3) is 11.1 Å². The summed E-state index contributed by atoms with van der Waals surface area (Å²) in [6, 6.07) is 37.4. The summed E-state index contributed by atoms with van der Waals surface area (Å²) in [4.78, 5) is 44.4. The summed E-state index contributed by atoms with van der Waals surface area (Å²) in [7, 11) is 0. The fourth-order valence-corrected chi connectivity index (χ4v) is 7.31. The zero-order valence-corrected chi connectivity index (χ0v) is 29.7. The molecule has 7 rings (SSSR count). The molecule has 0 saturated carbocycles. The van der Waals surface area contributed by atoms with Crippen molar-refractivity contribution >= 4 is 29.7 Å². The number of hydrogen-bond donors (Lipinski definition) is 2. The van der Waals surface area contributed by atoms with E-state index < -0.39 is 24.3 Å². The van der Waals surface area contributed by atoms with Gasteiger partial charge < -0.3 is 24.6 Å². The first-order chi connectivity index (χ1) is 25.9. The summed E-state index contributed by atoms with van der Waals surface area (Å²) >= 11 is 1.64. The van der Waals surface area contributed by atoms with Crippen molar-refractivity contribution in [3.05, 3.63) is 155 Å². The number of aliphatic hydroxyl groups is 1. The van der Waals surface area contributed by atoms with Gasteiger partial charge in [-0.2, -0.15) is 0 Å². The standard InChI is InChI=1S/C42H39N3O7S/c46-25-28-13-15-31(16-14-28)37-22-34(27-53-38-12-6-7-21-43-38)51-41(52-37)32-19-17-30(18-20-32)35-11-5-4-10-33(35)24-45-39(47)23-36(40(45)48)44-42(49)50-26-29-8-2-1-3-9-29/h1-21,34,36-37,41,46H,22-27H2,(H,44,49). The number of hydrogen-bond acceptors (Lipinski definition) is 9. The monoisotopic (exact) mass is 729 g/mol. The van der Waals surface area contributed by atoms with Crippen LogP contribution in [0.1, 0.15) is 53.1 Å². The van der Waals surface area contributed by atoms with Crippen molar-refractivity contribution in [2.45, 2.75) is 62.2 Å². The van der Waals surface area contributed by atoms with Crippen molar-refractivity contribution < 1.29 is 33.7 Å². The third-order valence-corrected chi connectivity index (χ3v) is 10.3. The van der Waals surface area contributed by atoms with Gasteiger partial charge in [-0.25, -0.2) is 9.78 Å². The van der Waals surface area contributed by atoms with Crippen molar-refractivity contribution in [3.63, 3.8) is 0 Å². The van der Waals surface area contributed by atoms with Crippen molar-refractivity contribution in [1.29, 1.82) is 0 Å². The van der Waals surface area contributed by atoms with Crippen LogP contribution in [-0.4, -0.2) is 50.8 Å². The van der Waals surface area contributed by atoms with Crippen molar-refractivity contribution in [2.75, 3.05) is 5.75 Å². The molecule has 53 heavy (non-hydrogen) atoms. The van der Waals surface area contributed by atoms with Gasteiger partial charge in [-0.3, -0.25) is 14.5 Å². The number of carbonyl (C=O) groups excluding carboxylic acids is 3. The number of likely N-dealkylation sites (tertiary alicyclic amines) is 1. The molecule has 2 N–H and O–H groups in total.